The van der Waals surface area contributed by atoms with Crippen molar-refractivity contribution in [3.63, 3.8) is 0 Å². The first-order valence-electron chi connectivity index (χ1n) is 3.24. The second-order valence-electron chi connectivity index (χ2n) is 2.10. The second-order valence-corrected chi connectivity index (χ2v) is 2.10. The van der Waals surface area contributed by atoms with Crippen LogP contribution >= 0.6 is 0 Å². The van der Waals surface area contributed by atoms with Gasteiger partial charge in [0.15, 0.2) is 0 Å². The maximum atomic E-state index is 5.01. The van der Waals surface area contributed by atoms with Gasteiger partial charge in [0.05, 0.1) is 13.3 Å². The van der Waals surface area contributed by atoms with E-state index in [-0.39, 0.29) is 0 Å². The molecule has 11 heavy (non-hydrogen) atoms. The summed E-state index contributed by atoms with van der Waals surface area (Å²) in [5.41, 5.74) is 0.884. The summed E-state index contributed by atoms with van der Waals surface area (Å²) in [7, 11) is 1.59. The van der Waals surface area contributed by atoms with E-state index >= 15 is 0 Å². The number of hydrogen-bond acceptors (Lipinski definition) is 3. The van der Waals surface area contributed by atoms with E-state index in [2.05, 4.69) is 10.1 Å². The van der Waals surface area contributed by atoms with Crippen LogP contribution < -0.4 is 4.74 Å². The van der Waals surface area contributed by atoms with E-state index in [9.17, 15) is 0 Å². The van der Waals surface area contributed by atoms with Gasteiger partial charge < -0.3 is 4.74 Å². The third kappa shape index (κ3) is 0.832. The van der Waals surface area contributed by atoms with Gasteiger partial charge in [-0.2, -0.15) is 5.10 Å². The van der Waals surface area contributed by atoms with E-state index in [4.69, 9.17) is 4.74 Å². The molecular weight excluding hydrogens is 142 g/mol. The van der Waals surface area contributed by atoms with E-state index in [1.807, 2.05) is 6.07 Å². The number of methoxy groups -OCH3 is 1. The Morgan fingerprint density at radius 2 is 2.36 bits per heavy atom. The zero-order chi connectivity index (χ0) is 7.68. The molecule has 4 heteroatoms. The van der Waals surface area contributed by atoms with Crippen LogP contribution in [0.25, 0.3) is 5.52 Å². The van der Waals surface area contributed by atoms with Crippen molar-refractivity contribution in [2.24, 2.45) is 0 Å². The standard InChI is InChI=1S/C7H7N3O/c1-11-7-6-2-3-9-10(6)5-4-8-7/h2-5H,1H3. The van der Waals surface area contributed by atoms with Crippen LogP contribution in [0.1, 0.15) is 0 Å². The van der Waals surface area contributed by atoms with E-state index in [0.29, 0.717) is 5.88 Å². The molecule has 0 atom stereocenters. The highest BCUT2D eigenvalue weighted by molar-refractivity contribution is 5.54. The molecule has 2 rings (SSSR count). The van der Waals surface area contributed by atoms with Crippen molar-refractivity contribution in [3.8, 4) is 5.88 Å². The number of ether oxygens (including phenoxy) is 1. The average Bonchev–Trinajstić information content (AvgIpc) is 2.50. The predicted molar refractivity (Wildman–Crippen MR) is 39.5 cm³/mol. The lowest BCUT2D eigenvalue weighted by atomic mass is 10.5. The third-order valence-corrected chi connectivity index (χ3v) is 1.48. The number of hydrogen-bond donors (Lipinski definition) is 0. The Bertz CT molecular complexity index is 368. The summed E-state index contributed by atoms with van der Waals surface area (Å²) < 4.78 is 6.73. The first-order valence-corrected chi connectivity index (χ1v) is 3.24. The minimum atomic E-state index is 0.602. The minimum absolute atomic E-state index is 0.602. The molecule has 0 aliphatic heterocycles. The molecule has 0 amide bonds. The second kappa shape index (κ2) is 2.23. The van der Waals surface area contributed by atoms with E-state index in [0.717, 1.165) is 5.52 Å². The van der Waals surface area contributed by atoms with Crippen LogP contribution in [0.2, 0.25) is 0 Å². The van der Waals surface area contributed by atoms with Gasteiger partial charge in [0, 0.05) is 12.4 Å². The quantitative estimate of drug-likeness (QED) is 0.600. The van der Waals surface area contributed by atoms with Gasteiger partial charge in [-0.25, -0.2) is 9.50 Å². The van der Waals surface area contributed by atoms with Gasteiger partial charge in [-0.05, 0) is 6.07 Å². The molecule has 0 radical (unpaired) electrons. The van der Waals surface area contributed by atoms with Gasteiger partial charge in [0.25, 0.3) is 0 Å². The van der Waals surface area contributed by atoms with Crippen LogP contribution in [0, 0.1) is 0 Å². The Hall–Kier alpha value is -1.58. The molecule has 4 nitrogen and oxygen atoms in total. The highest BCUT2D eigenvalue weighted by Crippen LogP contribution is 2.13. The van der Waals surface area contributed by atoms with Crippen LogP contribution in [-0.4, -0.2) is 21.7 Å². The van der Waals surface area contributed by atoms with E-state index in [1.165, 1.54) is 0 Å². The van der Waals surface area contributed by atoms with Crippen molar-refractivity contribution in [2.75, 3.05) is 7.11 Å². The smallest absolute Gasteiger partial charge is 0.239 e. The maximum absolute atomic E-state index is 5.01. The lowest BCUT2D eigenvalue weighted by Gasteiger charge is -1.98. The van der Waals surface area contributed by atoms with Gasteiger partial charge >= 0.3 is 0 Å². The SMILES string of the molecule is COc1nccn2nccc12. The van der Waals surface area contributed by atoms with Gasteiger partial charge in [-0.1, -0.05) is 0 Å². The molecule has 0 saturated heterocycles. The molecule has 2 aromatic rings. The summed E-state index contributed by atoms with van der Waals surface area (Å²) in [5.74, 6) is 0.602. The van der Waals surface area contributed by atoms with Crippen molar-refractivity contribution in [3.05, 3.63) is 24.7 Å². The number of aromatic nitrogens is 3. The molecule has 0 aromatic carbocycles. The Balaban J connectivity index is 2.79. The van der Waals surface area contributed by atoms with Crippen LogP contribution in [0.15, 0.2) is 24.7 Å². The first kappa shape index (κ1) is 6.15. The Labute approximate surface area is 63.4 Å². The predicted octanol–water partition coefficient (Wildman–Crippen LogP) is 0.738. The molecule has 0 bridgehead atoms. The summed E-state index contributed by atoms with van der Waals surface area (Å²) in [6.45, 7) is 0. The van der Waals surface area contributed by atoms with Gasteiger partial charge in [0.2, 0.25) is 5.88 Å². The van der Waals surface area contributed by atoms with Crippen LogP contribution in [-0.2, 0) is 0 Å². The Morgan fingerprint density at radius 3 is 3.18 bits per heavy atom. The highest BCUT2D eigenvalue weighted by atomic mass is 16.5. The fourth-order valence-corrected chi connectivity index (χ4v) is 0.990. The minimum Gasteiger partial charge on any atom is -0.479 e. The average molecular weight is 149 g/mol. The topological polar surface area (TPSA) is 39.4 Å². The molecule has 0 saturated carbocycles. The maximum Gasteiger partial charge on any atom is 0.239 e. The van der Waals surface area contributed by atoms with Gasteiger partial charge in [0.1, 0.15) is 5.52 Å². The molecule has 0 N–H and O–H groups in total. The summed E-state index contributed by atoms with van der Waals surface area (Å²) in [6.07, 6.45) is 5.14. The van der Waals surface area contributed by atoms with Crippen molar-refractivity contribution in [1.29, 1.82) is 0 Å². The van der Waals surface area contributed by atoms with Gasteiger partial charge in [-0.3, -0.25) is 0 Å². The largest absolute Gasteiger partial charge is 0.479 e. The molecule has 0 spiro atoms. The summed E-state index contributed by atoms with van der Waals surface area (Å²) in [6, 6.07) is 1.85. The van der Waals surface area contributed by atoms with Crippen molar-refractivity contribution >= 4 is 5.52 Å². The molecule has 0 unspecified atom stereocenters. The normalized spacial score (nSPS) is 10.3. The lowest BCUT2D eigenvalue weighted by Crippen LogP contribution is -1.92. The molecule has 0 fully saturated rings. The van der Waals surface area contributed by atoms with Crippen LogP contribution in [0.3, 0.4) is 0 Å². The Morgan fingerprint density at radius 1 is 1.45 bits per heavy atom. The molecule has 56 valence electrons. The number of fused-ring (bicyclic) bond motifs is 1. The first-order chi connectivity index (χ1) is 5.42. The summed E-state index contributed by atoms with van der Waals surface area (Å²) >= 11 is 0. The fraction of sp³-hybridized carbons (Fsp3) is 0.143. The molecule has 2 aromatic heterocycles. The van der Waals surface area contributed by atoms with Gasteiger partial charge in [-0.15, -0.1) is 0 Å². The van der Waals surface area contributed by atoms with Crippen molar-refractivity contribution < 1.29 is 4.74 Å². The molecule has 0 aliphatic rings. The van der Waals surface area contributed by atoms with Crippen LogP contribution in [0.4, 0.5) is 0 Å². The lowest BCUT2D eigenvalue weighted by molar-refractivity contribution is 0.400. The highest BCUT2D eigenvalue weighted by Gasteiger charge is 2.00. The molecule has 0 aliphatic carbocycles. The van der Waals surface area contributed by atoms with E-state index < -0.39 is 0 Å². The zero-order valence-electron chi connectivity index (χ0n) is 6.06. The number of nitrogens with zero attached hydrogens (tertiary/aromatic N) is 3. The summed E-state index contributed by atoms with van der Waals surface area (Å²) in [4.78, 5) is 4.01. The fourth-order valence-electron chi connectivity index (χ4n) is 0.990. The monoisotopic (exact) mass is 149 g/mol. The third-order valence-electron chi connectivity index (χ3n) is 1.48. The van der Waals surface area contributed by atoms with Crippen molar-refractivity contribution in [2.45, 2.75) is 0 Å². The summed E-state index contributed by atoms with van der Waals surface area (Å²) in [5, 5.41) is 4.02. The zero-order valence-corrected chi connectivity index (χ0v) is 6.06. The van der Waals surface area contributed by atoms with E-state index in [1.54, 1.807) is 30.2 Å². The molecule has 2 heterocycles. The molecular formula is C7H7N3O. The Kier molecular flexibility index (Phi) is 1.25. The number of rotatable bonds is 1. The van der Waals surface area contributed by atoms with Crippen molar-refractivity contribution in [1.82, 2.24) is 14.6 Å². The van der Waals surface area contributed by atoms with Crippen LogP contribution in [0.5, 0.6) is 5.88 Å².